The molecule has 11 rings (SSSR count). The second-order valence-electron chi connectivity index (χ2n) is 12.8. The van der Waals surface area contributed by atoms with Crippen molar-refractivity contribution in [1.82, 2.24) is 0 Å². The van der Waals surface area contributed by atoms with Gasteiger partial charge in [0.25, 0.3) is 0 Å². The molecule has 8 aromatic carbocycles. The second-order valence-corrected chi connectivity index (χ2v) is 13.9. The predicted octanol–water partition coefficient (Wildman–Crippen LogP) is 14.1. The minimum atomic E-state index is 0.869. The van der Waals surface area contributed by atoms with Gasteiger partial charge in [-0.1, -0.05) is 115 Å². The Labute approximate surface area is 290 Å². The Bertz CT molecular complexity index is 3090. The Morgan fingerprint density at radius 3 is 1.82 bits per heavy atom. The molecule has 0 aliphatic heterocycles. The van der Waals surface area contributed by atoms with Gasteiger partial charge in [0, 0.05) is 59.8 Å². The minimum absolute atomic E-state index is 0.869. The highest BCUT2D eigenvalue weighted by atomic mass is 32.1. The summed E-state index contributed by atoms with van der Waals surface area (Å²) in [6, 6.07) is 58.1. The predicted molar refractivity (Wildman–Crippen MR) is 212 cm³/mol. The number of anilines is 3. The molecule has 3 aromatic heterocycles. The van der Waals surface area contributed by atoms with Crippen LogP contribution in [0.5, 0.6) is 0 Å². The van der Waals surface area contributed by atoms with Gasteiger partial charge >= 0.3 is 0 Å². The molecule has 0 saturated carbocycles. The van der Waals surface area contributed by atoms with E-state index >= 15 is 0 Å². The van der Waals surface area contributed by atoms with Gasteiger partial charge in [-0.25, -0.2) is 0 Å². The molecule has 0 N–H and O–H groups in total. The van der Waals surface area contributed by atoms with E-state index in [1.165, 1.54) is 47.5 Å². The van der Waals surface area contributed by atoms with Crippen molar-refractivity contribution in [1.29, 1.82) is 0 Å². The molecule has 0 radical (unpaired) electrons. The molecule has 3 heterocycles. The monoisotopic (exact) mass is 657 g/mol. The van der Waals surface area contributed by atoms with Gasteiger partial charge in [0.2, 0.25) is 0 Å². The highest BCUT2D eigenvalue weighted by molar-refractivity contribution is 7.27. The smallest absolute Gasteiger partial charge is 0.145 e. The average Bonchev–Trinajstić information content (AvgIpc) is 3.87. The molecule has 50 heavy (non-hydrogen) atoms. The third-order valence-corrected chi connectivity index (χ3v) is 11.3. The molecule has 0 fully saturated rings. The van der Waals surface area contributed by atoms with Gasteiger partial charge in [-0.2, -0.15) is 0 Å². The lowest BCUT2D eigenvalue weighted by atomic mass is 9.99. The van der Waals surface area contributed by atoms with E-state index in [-0.39, 0.29) is 0 Å². The summed E-state index contributed by atoms with van der Waals surface area (Å²) in [5, 5.41) is 9.39. The first-order valence-corrected chi connectivity index (χ1v) is 17.7. The number of benzene rings is 8. The van der Waals surface area contributed by atoms with Crippen LogP contribution in [-0.4, -0.2) is 0 Å². The number of hydrogen-bond donors (Lipinski definition) is 0. The van der Waals surface area contributed by atoms with Crippen LogP contribution in [0.1, 0.15) is 0 Å². The molecule has 3 nitrogen and oxygen atoms in total. The summed E-state index contributed by atoms with van der Waals surface area (Å²) in [6.07, 6.45) is 0. The number of fused-ring (bicyclic) bond motifs is 13. The summed E-state index contributed by atoms with van der Waals surface area (Å²) in [5.41, 5.74) is 9.22. The van der Waals surface area contributed by atoms with E-state index in [4.69, 9.17) is 8.83 Å². The normalized spacial score (nSPS) is 12.0. The fraction of sp³-hybridized carbons (Fsp3) is 0. The third kappa shape index (κ3) is 3.97. The highest BCUT2D eigenvalue weighted by Crippen LogP contribution is 2.51. The quantitative estimate of drug-likeness (QED) is 0.189. The summed E-state index contributed by atoms with van der Waals surface area (Å²) in [5.74, 6) is 0. The van der Waals surface area contributed by atoms with Gasteiger partial charge in [-0.3, -0.25) is 0 Å². The van der Waals surface area contributed by atoms with Crippen molar-refractivity contribution in [3.8, 4) is 11.1 Å². The van der Waals surface area contributed by atoms with E-state index in [1.807, 2.05) is 29.5 Å². The maximum absolute atomic E-state index is 6.72. The number of nitrogens with zero attached hydrogens (tertiary/aromatic N) is 1. The summed E-state index contributed by atoms with van der Waals surface area (Å²) in [7, 11) is 0. The topological polar surface area (TPSA) is 29.5 Å². The van der Waals surface area contributed by atoms with Gasteiger partial charge in [0.05, 0.1) is 10.4 Å². The second kappa shape index (κ2) is 10.6. The van der Waals surface area contributed by atoms with Crippen LogP contribution in [0, 0.1) is 0 Å². The van der Waals surface area contributed by atoms with Gasteiger partial charge in [0.1, 0.15) is 22.3 Å². The molecule has 0 unspecified atom stereocenters. The first-order chi connectivity index (χ1) is 24.8. The van der Waals surface area contributed by atoms with Crippen LogP contribution in [0.2, 0.25) is 0 Å². The number of hydrogen-bond acceptors (Lipinski definition) is 4. The third-order valence-electron chi connectivity index (χ3n) is 10.1. The number of thiophene rings is 1. The molecular weight excluding hydrogens is 631 g/mol. The standard InChI is InChI=1S/C46H27NO2S/c1-2-11-28(12-3-1)29-21-23-30(24-22-29)47(31-25-26-33-32-13-6-8-19-39(32)48-41(33)27-31)38-18-10-17-37-43-44-42(36-16-7-9-20-40(36)49-44)34-14-4-5-15-35(34)46(43)50-45(37)38/h1-27H. The fourth-order valence-electron chi connectivity index (χ4n) is 7.80. The van der Waals surface area contributed by atoms with E-state index in [0.717, 1.165) is 55.6 Å². The molecule has 0 aliphatic carbocycles. The summed E-state index contributed by atoms with van der Waals surface area (Å²) >= 11 is 1.84. The number of para-hydroxylation sites is 2. The van der Waals surface area contributed by atoms with Crippen LogP contribution in [-0.2, 0) is 0 Å². The minimum Gasteiger partial charge on any atom is -0.456 e. The maximum atomic E-state index is 6.72. The number of furan rings is 2. The van der Waals surface area contributed by atoms with Gasteiger partial charge in [-0.15, -0.1) is 11.3 Å². The summed E-state index contributed by atoms with van der Waals surface area (Å²) < 4.78 is 15.6. The summed E-state index contributed by atoms with van der Waals surface area (Å²) in [4.78, 5) is 2.37. The first-order valence-electron chi connectivity index (χ1n) is 16.8. The lowest BCUT2D eigenvalue weighted by Gasteiger charge is -2.26. The van der Waals surface area contributed by atoms with E-state index in [1.54, 1.807) is 0 Å². The Kier molecular flexibility index (Phi) is 5.83. The first kappa shape index (κ1) is 27.6. The molecule has 11 aromatic rings. The van der Waals surface area contributed by atoms with E-state index in [2.05, 4.69) is 150 Å². The van der Waals surface area contributed by atoms with E-state index in [9.17, 15) is 0 Å². The van der Waals surface area contributed by atoms with Crippen LogP contribution in [0.25, 0.3) is 85.9 Å². The van der Waals surface area contributed by atoms with Gasteiger partial charge in [-0.05, 0) is 59.0 Å². The Morgan fingerprint density at radius 2 is 1.00 bits per heavy atom. The highest BCUT2D eigenvalue weighted by Gasteiger charge is 2.23. The largest absolute Gasteiger partial charge is 0.456 e. The van der Waals surface area contributed by atoms with Crippen LogP contribution in [0.15, 0.2) is 173 Å². The molecule has 0 bridgehead atoms. The van der Waals surface area contributed by atoms with E-state index < -0.39 is 0 Å². The summed E-state index contributed by atoms with van der Waals surface area (Å²) in [6.45, 7) is 0. The van der Waals surface area contributed by atoms with Crippen molar-refractivity contribution in [2.75, 3.05) is 4.90 Å². The zero-order valence-electron chi connectivity index (χ0n) is 26.8. The van der Waals surface area contributed by atoms with Crippen LogP contribution in [0.3, 0.4) is 0 Å². The van der Waals surface area contributed by atoms with E-state index in [0.29, 0.717) is 0 Å². The van der Waals surface area contributed by atoms with Gasteiger partial charge < -0.3 is 13.7 Å². The van der Waals surface area contributed by atoms with Crippen LogP contribution < -0.4 is 4.90 Å². The zero-order chi connectivity index (χ0) is 32.8. The van der Waals surface area contributed by atoms with Crippen molar-refractivity contribution in [2.45, 2.75) is 0 Å². The molecule has 234 valence electrons. The van der Waals surface area contributed by atoms with Crippen molar-refractivity contribution in [2.24, 2.45) is 0 Å². The van der Waals surface area contributed by atoms with Crippen molar-refractivity contribution >= 4 is 103 Å². The molecule has 0 aliphatic rings. The molecule has 4 heteroatoms. The number of rotatable bonds is 4. The Balaban J connectivity index is 1.20. The zero-order valence-corrected chi connectivity index (χ0v) is 27.6. The Hall–Kier alpha value is -6.36. The SMILES string of the molecule is c1ccc(-c2ccc(N(c3ccc4c(c3)oc3ccccc34)c3cccc4c3sc3c5ccccc5c5c6ccccc6oc5c43)cc2)cc1. The lowest BCUT2D eigenvalue weighted by Crippen LogP contribution is -2.10. The molecule has 0 amide bonds. The molecule has 0 saturated heterocycles. The average molecular weight is 658 g/mol. The molecular formula is C46H27NO2S. The lowest BCUT2D eigenvalue weighted by molar-refractivity contribution is 0.669. The van der Waals surface area contributed by atoms with Crippen molar-refractivity contribution in [3.63, 3.8) is 0 Å². The van der Waals surface area contributed by atoms with Crippen LogP contribution >= 0.6 is 11.3 Å². The fourth-order valence-corrected chi connectivity index (χ4v) is 9.14. The maximum Gasteiger partial charge on any atom is 0.145 e. The molecule has 0 spiro atoms. The Morgan fingerprint density at radius 1 is 0.380 bits per heavy atom. The van der Waals surface area contributed by atoms with Crippen molar-refractivity contribution in [3.05, 3.63) is 164 Å². The molecule has 0 atom stereocenters. The van der Waals surface area contributed by atoms with Gasteiger partial charge in [0.15, 0.2) is 0 Å². The van der Waals surface area contributed by atoms with Crippen molar-refractivity contribution < 1.29 is 8.83 Å². The van der Waals surface area contributed by atoms with Crippen LogP contribution in [0.4, 0.5) is 17.1 Å².